The highest BCUT2D eigenvalue weighted by atomic mass is 16.3. The molecule has 1 fully saturated rings. The topological polar surface area (TPSA) is 86.7 Å². The molecule has 18 heavy (non-hydrogen) atoms. The number of carbonyl (C=O) groups is 3. The van der Waals surface area contributed by atoms with Crippen molar-refractivity contribution < 1.29 is 19.5 Å². The van der Waals surface area contributed by atoms with E-state index in [1.807, 2.05) is 0 Å². The lowest BCUT2D eigenvalue weighted by Gasteiger charge is -2.14. The summed E-state index contributed by atoms with van der Waals surface area (Å²) in [5.74, 6) is -1.29. The zero-order valence-corrected chi connectivity index (χ0v) is 9.93. The number of carbonyl (C=O) groups excluding carboxylic acids is 3. The lowest BCUT2D eigenvalue weighted by atomic mass is 10.1. The van der Waals surface area contributed by atoms with Gasteiger partial charge in [-0.3, -0.25) is 9.59 Å². The highest BCUT2D eigenvalue weighted by molar-refractivity contribution is 6.21. The largest absolute Gasteiger partial charge is 0.508 e. The molecule has 6 nitrogen and oxygen atoms in total. The third-order valence-corrected chi connectivity index (χ3v) is 2.68. The maximum Gasteiger partial charge on any atom is 0.332 e. The van der Waals surface area contributed by atoms with Gasteiger partial charge >= 0.3 is 6.03 Å². The van der Waals surface area contributed by atoms with Gasteiger partial charge in [0.25, 0.3) is 11.8 Å². The number of urea groups is 1. The maximum absolute atomic E-state index is 12.0. The molecule has 0 spiro atoms. The number of phenols is 1. The van der Waals surface area contributed by atoms with Crippen LogP contribution in [0.15, 0.2) is 24.3 Å². The molecule has 94 valence electrons. The Bertz CT molecular complexity index is 534. The first-order chi connectivity index (χ1) is 8.33. The van der Waals surface area contributed by atoms with Crippen LogP contribution in [-0.2, 0) is 4.79 Å². The third kappa shape index (κ3) is 1.81. The zero-order chi connectivity index (χ0) is 13.5. The van der Waals surface area contributed by atoms with Crippen molar-refractivity contribution in [1.29, 1.82) is 0 Å². The molecule has 0 atom stereocenters. The average molecular weight is 248 g/mol. The quantitative estimate of drug-likeness (QED) is 0.570. The second-order valence-electron chi connectivity index (χ2n) is 4.55. The smallest absolute Gasteiger partial charge is 0.332 e. The summed E-state index contributed by atoms with van der Waals surface area (Å²) in [6.07, 6.45) is 0. The van der Waals surface area contributed by atoms with Crippen LogP contribution in [0.2, 0.25) is 0 Å². The summed E-state index contributed by atoms with van der Waals surface area (Å²) < 4.78 is 0. The first-order valence-electron chi connectivity index (χ1n) is 5.33. The van der Waals surface area contributed by atoms with E-state index in [4.69, 9.17) is 5.11 Å². The van der Waals surface area contributed by atoms with Gasteiger partial charge < -0.3 is 10.4 Å². The summed E-state index contributed by atoms with van der Waals surface area (Å²) in [6.45, 7) is 3.05. The molecule has 0 bridgehead atoms. The predicted octanol–water partition coefficient (Wildman–Crippen LogP) is 0.863. The number of phenolic OH excluding ortho intramolecular Hbond substituents is 1. The Kier molecular flexibility index (Phi) is 2.58. The fourth-order valence-electron chi connectivity index (χ4n) is 1.67. The predicted molar refractivity (Wildman–Crippen MR) is 61.9 cm³/mol. The maximum atomic E-state index is 12.0. The fourth-order valence-corrected chi connectivity index (χ4v) is 1.67. The molecule has 0 saturated carbocycles. The monoisotopic (exact) mass is 248 g/mol. The van der Waals surface area contributed by atoms with Gasteiger partial charge in [0.1, 0.15) is 11.3 Å². The molecule has 1 heterocycles. The van der Waals surface area contributed by atoms with E-state index in [1.54, 1.807) is 0 Å². The molecule has 1 aromatic rings. The Hall–Kier alpha value is -2.37. The lowest BCUT2D eigenvalue weighted by molar-refractivity contribution is -0.128. The normalized spacial score (nSPS) is 17.8. The number of rotatable bonds is 1. The molecule has 1 aromatic carbocycles. The van der Waals surface area contributed by atoms with Crippen molar-refractivity contribution >= 4 is 17.8 Å². The van der Waals surface area contributed by atoms with Gasteiger partial charge in [-0.15, -0.1) is 0 Å². The number of imide groups is 3. The average Bonchev–Trinajstić information content (AvgIpc) is 2.48. The van der Waals surface area contributed by atoms with E-state index in [-0.39, 0.29) is 11.3 Å². The number of nitrogens with zero attached hydrogens (tertiary/aromatic N) is 1. The second kappa shape index (κ2) is 3.83. The number of hydrogen-bond acceptors (Lipinski definition) is 4. The Morgan fingerprint density at radius 1 is 1.22 bits per heavy atom. The standard InChI is InChI=1S/C12H12N2O4/c1-12(2)10(17)14(11(18)13-12)9(16)7-3-5-8(15)6-4-7/h3-6,15H,1-2H3,(H,13,18). The van der Waals surface area contributed by atoms with Crippen molar-refractivity contribution in [3.63, 3.8) is 0 Å². The summed E-state index contributed by atoms with van der Waals surface area (Å²) in [5, 5.41) is 11.5. The van der Waals surface area contributed by atoms with Crippen molar-refractivity contribution in [2.45, 2.75) is 19.4 Å². The molecule has 1 saturated heterocycles. The van der Waals surface area contributed by atoms with E-state index in [9.17, 15) is 14.4 Å². The van der Waals surface area contributed by atoms with Crippen LogP contribution in [0.3, 0.4) is 0 Å². The summed E-state index contributed by atoms with van der Waals surface area (Å²) in [6, 6.07) is 4.60. The summed E-state index contributed by atoms with van der Waals surface area (Å²) in [7, 11) is 0. The van der Waals surface area contributed by atoms with Crippen LogP contribution in [0.5, 0.6) is 5.75 Å². The van der Waals surface area contributed by atoms with Crippen LogP contribution in [0.25, 0.3) is 0 Å². The Morgan fingerprint density at radius 3 is 2.22 bits per heavy atom. The first kappa shape index (κ1) is 12.1. The molecule has 4 amide bonds. The summed E-state index contributed by atoms with van der Waals surface area (Å²) in [5.41, 5.74) is -0.919. The van der Waals surface area contributed by atoms with Crippen LogP contribution < -0.4 is 5.32 Å². The van der Waals surface area contributed by atoms with Crippen LogP contribution in [0, 0.1) is 0 Å². The first-order valence-corrected chi connectivity index (χ1v) is 5.33. The molecule has 0 aromatic heterocycles. The van der Waals surface area contributed by atoms with Crippen LogP contribution >= 0.6 is 0 Å². The Balaban J connectivity index is 2.33. The SMILES string of the molecule is CC1(C)NC(=O)N(C(=O)c2ccc(O)cc2)C1=O. The number of hydrogen-bond donors (Lipinski definition) is 2. The Morgan fingerprint density at radius 2 is 1.78 bits per heavy atom. The second-order valence-corrected chi connectivity index (χ2v) is 4.55. The third-order valence-electron chi connectivity index (χ3n) is 2.68. The van der Waals surface area contributed by atoms with E-state index >= 15 is 0 Å². The van der Waals surface area contributed by atoms with Gasteiger partial charge in [0.15, 0.2) is 0 Å². The van der Waals surface area contributed by atoms with Gasteiger partial charge in [-0.1, -0.05) is 0 Å². The molecule has 1 aliphatic heterocycles. The van der Waals surface area contributed by atoms with Gasteiger partial charge in [0, 0.05) is 5.56 Å². The summed E-state index contributed by atoms with van der Waals surface area (Å²) in [4.78, 5) is 36.1. The van der Waals surface area contributed by atoms with Crippen LogP contribution in [-0.4, -0.2) is 33.4 Å². The van der Waals surface area contributed by atoms with Gasteiger partial charge in [0.05, 0.1) is 0 Å². The van der Waals surface area contributed by atoms with E-state index in [1.165, 1.54) is 38.1 Å². The minimum absolute atomic E-state index is 0.00378. The van der Waals surface area contributed by atoms with E-state index < -0.39 is 23.4 Å². The lowest BCUT2D eigenvalue weighted by Crippen LogP contribution is -2.41. The number of amides is 4. The molecule has 1 aliphatic rings. The van der Waals surface area contributed by atoms with E-state index in [0.717, 1.165) is 0 Å². The van der Waals surface area contributed by atoms with Crippen LogP contribution in [0.1, 0.15) is 24.2 Å². The summed E-state index contributed by atoms with van der Waals surface area (Å²) >= 11 is 0. The van der Waals surface area contributed by atoms with Crippen molar-refractivity contribution in [2.75, 3.05) is 0 Å². The molecule has 2 N–H and O–H groups in total. The van der Waals surface area contributed by atoms with Gasteiger partial charge in [-0.05, 0) is 38.1 Å². The Labute approximate surface area is 103 Å². The zero-order valence-electron chi connectivity index (χ0n) is 9.93. The fraction of sp³-hybridized carbons (Fsp3) is 0.250. The number of nitrogens with one attached hydrogen (secondary N) is 1. The number of aromatic hydroxyl groups is 1. The molecular weight excluding hydrogens is 236 g/mol. The molecule has 2 rings (SSSR count). The van der Waals surface area contributed by atoms with Crippen molar-refractivity contribution in [2.24, 2.45) is 0 Å². The molecular formula is C12H12N2O4. The minimum atomic E-state index is -1.08. The van der Waals surface area contributed by atoms with Crippen molar-refractivity contribution in [1.82, 2.24) is 10.2 Å². The van der Waals surface area contributed by atoms with Crippen molar-refractivity contribution in [3.8, 4) is 5.75 Å². The minimum Gasteiger partial charge on any atom is -0.508 e. The molecule has 0 radical (unpaired) electrons. The van der Waals surface area contributed by atoms with Gasteiger partial charge in [-0.2, -0.15) is 4.90 Å². The number of benzene rings is 1. The van der Waals surface area contributed by atoms with E-state index in [2.05, 4.69) is 5.32 Å². The highest BCUT2D eigenvalue weighted by Crippen LogP contribution is 2.20. The van der Waals surface area contributed by atoms with E-state index in [0.29, 0.717) is 4.90 Å². The highest BCUT2D eigenvalue weighted by Gasteiger charge is 2.47. The van der Waals surface area contributed by atoms with Crippen molar-refractivity contribution in [3.05, 3.63) is 29.8 Å². The molecule has 0 aliphatic carbocycles. The van der Waals surface area contributed by atoms with Gasteiger partial charge in [0.2, 0.25) is 0 Å². The molecule has 6 heteroatoms. The molecule has 0 unspecified atom stereocenters. The van der Waals surface area contributed by atoms with Gasteiger partial charge in [-0.25, -0.2) is 4.79 Å². The van der Waals surface area contributed by atoms with Crippen LogP contribution in [0.4, 0.5) is 4.79 Å².